The third kappa shape index (κ3) is 9.80. The van der Waals surface area contributed by atoms with Gasteiger partial charge < -0.3 is 0 Å². The molecule has 0 aliphatic rings. The van der Waals surface area contributed by atoms with Crippen molar-refractivity contribution in [3.05, 3.63) is 0 Å². The first-order valence-corrected chi connectivity index (χ1v) is 25.5. The van der Waals surface area contributed by atoms with Crippen LogP contribution in [-0.4, -0.2) is 154 Å². The van der Waals surface area contributed by atoms with Crippen LogP contribution in [0.5, 0.6) is 0 Å². The van der Waals surface area contributed by atoms with E-state index in [9.17, 15) is 0 Å². The molecule has 0 amide bonds. The van der Waals surface area contributed by atoms with Gasteiger partial charge in [0, 0.05) is 0 Å². The summed E-state index contributed by atoms with van der Waals surface area (Å²) < 4.78 is 31.2. The Morgan fingerprint density at radius 3 is 0.730 bits per heavy atom. The SMILES string of the molecule is CNP(N=P(C)(N(C)C)P(P(C)(=NP(NC)N(C)C)N(C)C)P(C)(=NP(NC)N(C)C)N(C)C)N(C)C. The Morgan fingerprint density at radius 1 is 0.432 bits per heavy atom. The minimum atomic E-state index is -2.12. The van der Waals surface area contributed by atoms with Crippen molar-refractivity contribution in [3.63, 3.8) is 0 Å². The summed E-state index contributed by atoms with van der Waals surface area (Å²) in [4.78, 5) is 0. The van der Waals surface area contributed by atoms with Gasteiger partial charge in [0.05, 0.1) is 27.7 Å². The van der Waals surface area contributed by atoms with Gasteiger partial charge in [0.1, 0.15) is 0 Å². The summed E-state index contributed by atoms with van der Waals surface area (Å²) in [6, 6.07) is 0. The van der Waals surface area contributed by atoms with Crippen molar-refractivity contribution in [2.45, 2.75) is 0 Å². The zero-order valence-corrected chi connectivity index (χ0v) is 32.9. The van der Waals surface area contributed by atoms with Crippen molar-refractivity contribution in [2.24, 2.45) is 13.5 Å². The normalized spacial score (nSPS) is 21.1. The maximum absolute atomic E-state index is 5.75. The maximum atomic E-state index is 5.75. The summed E-state index contributed by atoms with van der Waals surface area (Å²) in [5, 5.41) is 10.5. The van der Waals surface area contributed by atoms with Gasteiger partial charge >= 0.3 is 0 Å². The smallest absolute Gasteiger partial charge is 0.165 e. The van der Waals surface area contributed by atoms with Crippen molar-refractivity contribution in [3.8, 4) is 0 Å². The van der Waals surface area contributed by atoms with Crippen LogP contribution in [0.15, 0.2) is 13.5 Å². The molecule has 0 aromatic carbocycles. The average Bonchev–Trinajstić information content (AvgIpc) is 2.78. The molecule has 0 radical (unpaired) electrons. The summed E-state index contributed by atoms with van der Waals surface area (Å²) in [6.45, 7) is 0.0846. The fourth-order valence-corrected chi connectivity index (χ4v) is 61.4. The molecule has 0 aromatic heterocycles. The lowest BCUT2D eigenvalue weighted by Gasteiger charge is -2.51. The molecule has 3 N–H and O–H groups in total. The zero-order chi connectivity index (χ0) is 29.5. The standard InChI is InChI=1S/C18H57N12P7/c1-19-31(25(4)5)22-35(16,28(10)11)34(36(17,29(12)13)23-32(20-2)26(6)7)37(18,30(14)15)24-33(21-3)27(8)9/h19-21H,1-18H3. The Kier molecular flexibility index (Phi) is 17.5. The Bertz CT molecular complexity index is 753. The van der Waals surface area contributed by atoms with E-state index in [4.69, 9.17) is 13.5 Å². The molecule has 0 heterocycles. The molecule has 0 spiro atoms. The van der Waals surface area contributed by atoms with E-state index in [-0.39, 0.29) is 0 Å². The molecule has 0 aliphatic heterocycles. The molecule has 0 saturated heterocycles. The molecule has 0 bridgehead atoms. The van der Waals surface area contributed by atoms with Gasteiger partial charge in [-0.1, -0.05) is 0 Å². The molecular formula is C18H57N12P7. The largest absolute Gasteiger partial charge is 0.272 e. The highest BCUT2D eigenvalue weighted by atomic mass is 32.8. The second-order valence-electron chi connectivity index (χ2n) is 9.76. The predicted molar refractivity (Wildman–Crippen MR) is 183 cm³/mol. The van der Waals surface area contributed by atoms with Gasteiger partial charge in [-0.2, -0.15) is 0 Å². The highest BCUT2D eigenvalue weighted by molar-refractivity contribution is 8.87. The average molecular weight is 659 g/mol. The van der Waals surface area contributed by atoms with Crippen molar-refractivity contribution >= 4 is 52.8 Å². The third-order valence-corrected chi connectivity index (χ3v) is 51.7. The van der Waals surface area contributed by atoms with E-state index in [1.54, 1.807) is 0 Å². The molecule has 19 heteroatoms. The van der Waals surface area contributed by atoms with Crippen LogP contribution in [0, 0.1) is 0 Å². The number of hydrogen-bond acceptors (Lipinski definition) is 9. The summed E-state index contributed by atoms with van der Waals surface area (Å²) >= 11 is 0. The van der Waals surface area contributed by atoms with Crippen LogP contribution in [0.4, 0.5) is 0 Å². The first kappa shape index (κ1) is 39.0. The topological polar surface area (TPSA) is 92.6 Å². The van der Waals surface area contributed by atoms with E-state index in [0.717, 1.165) is 0 Å². The van der Waals surface area contributed by atoms with Crippen molar-refractivity contribution in [1.29, 1.82) is 0 Å². The Hall–Kier alpha value is 2.05. The Morgan fingerprint density at radius 2 is 0.622 bits per heavy atom. The Balaban J connectivity index is 8.32. The molecule has 0 aromatic rings. The van der Waals surface area contributed by atoms with Gasteiger partial charge in [0.2, 0.25) is 0 Å². The quantitative estimate of drug-likeness (QED) is 0.179. The van der Waals surface area contributed by atoms with Crippen LogP contribution >= 0.6 is 52.8 Å². The van der Waals surface area contributed by atoms with Crippen molar-refractivity contribution < 1.29 is 0 Å². The summed E-state index contributed by atoms with van der Waals surface area (Å²) in [7, 11) is 29.4. The minimum Gasteiger partial charge on any atom is -0.272 e. The molecule has 12 nitrogen and oxygen atoms in total. The molecule has 0 rings (SSSR count). The molecule has 0 fully saturated rings. The van der Waals surface area contributed by atoms with Crippen LogP contribution in [0.1, 0.15) is 0 Å². The fourth-order valence-electron chi connectivity index (χ4n) is 3.25. The molecule has 0 aliphatic carbocycles. The van der Waals surface area contributed by atoms with E-state index in [1.165, 1.54) is 0 Å². The molecule has 6 atom stereocenters. The number of rotatable bonds is 15. The lowest BCUT2D eigenvalue weighted by Crippen LogP contribution is -2.19. The lowest BCUT2D eigenvalue weighted by atomic mass is 11.3. The second-order valence-corrected chi connectivity index (χ2v) is 38.8. The first-order chi connectivity index (χ1) is 16.8. The van der Waals surface area contributed by atoms with E-state index >= 15 is 0 Å². The number of nitrogens with zero attached hydrogens (tertiary/aromatic N) is 9. The lowest BCUT2D eigenvalue weighted by molar-refractivity contribution is 0.660. The van der Waals surface area contributed by atoms with Gasteiger partial charge in [-0.3, -0.25) is 43.3 Å². The van der Waals surface area contributed by atoms with Gasteiger partial charge in [0.15, 0.2) is 25.1 Å². The van der Waals surface area contributed by atoms with Crippen molar-refractivity contribution in [2.75, 3.05) is 126 Å². The predicted octanol–water partition coefficient (Wildman–Crippen LogP) is 6.16. The van der Waals surface area contributed by atoms with Crippen LogP contribution in [0.2, 0.25) is 0 Å². The van der Waals surface area contributed by atoms with E-state index < -0.39 is 52.8 Å². The molecule has 224 valence electrons. The second kappa shape index (κ2) is 16.6. The van der Waals surface area contributed by atoms with Gasteiger partial charge in [-0.25, -0.2) is 13.5 Å². The summed E-state index contributed by atoms with van der Waals surface area (Å²) in [5.74, 6) is 0. The molecular weight excluding hydrogens is 601 g/mol. The van der Waals surface area contributed by atoms with Crippen LogP contribution in [0.3, 0.4) is 0 Å². The maximum Gasteiger partial charge on any atom is 0.165 e. The highest BCUT2D eigenvalue weighted by Gasteiger charge is 2.50. The minimum absolute atomic E-state index is 0.845. The monoisotopic (exact) mass is 658 g/mol. The molecule has 37 heavy (non-hydrogen) atoms. The van der Waals surface area contributed by atoms with Crippen LogP contribution in [0.25, 0.3) is 0 Å². The van der Waals surface area contributed by atoms with Gasteiger partial charge in [-0.05, 0) is 126 Å². The Labute approximate surface area is 234 Å². The third-order valence-electron chi connectivity index (χ3n) is 5.79. The van der Waals surface area contributed by atoms with Gasteiger partial charge in [0.25, 0.3) is 0 Å². The van der Waals surface area contributed by atoms with Crippen molar-refractivity contribution in [1.82, 2.24) is 43.3 Å². The zero-order valence-electron chi connectivity index (χ0n) is 26.7. The number of hydrogen-bond donors (Lipinski definition) is 3. The van der Waals surface area contributed by atoms with Crippen LogP contribution < -0.4 is 15.3 Å². The van der Waals surface area contributed by atoms with Gasteiger partial charge in [-0.15, -0.1) is 0 Å². The number of nitrogens with one attached hydrogen (secondary N) is 3. The van der Waals surface area contributed by atoms with E-state index in [0.29, 0.717) is 0 Å². The molecule has 6 unspecified atom stereocenters. The first-order valence-electron chi connectivity index (χ1n) is 11.9. The fraction of sp³-hybridized carbons (Fsp3) is 1.00. The summed E-state index contributed by atoms with van der Waals surface area (Å²) in [5.41, 5.74) is 0. The van der Waals surface area contributed by atoms with Crippen LogP contribution in [-0.2, 0) is 0 Å². The summed E-state index contributed by atoms with van der Waals surface area (Å²) in [6.07, 6.45) is 0. The van der Waals surface area contributed by atoms with E-state index in [1.807, 2.05) is 21.1 Å². The highest BCUT2D eigenvalue weighted by Crippen LogP contribution is 3.10. The van der Waals surface area contributed by atoms with E-state index in [2.05, 4.69) is 148 Å². The molecule has 0 saturated carbocycles.